The lowest BCUT2D eigenvalue weighted by molar-refractivity contribution is 1.21. The molecule has 0 aliphatic rings. The molecule has 0 spiro atoms. The van der Waals surface area contributed by atoms with Crippen molar-refractivity contribution >= 4 is 11.4 Å². The predicted octanol–water partition coefficient (Wildman–Crippen LogP) is 10.1. The zero-order valence-electron chi connectivity index (χ0n) is 21.5. The van der Waals surface area contributed by atoms with Crippen LogP contribution in [0.2, 0.25) is 0 Å². The zero-order valence-corrected chi connectivity index (χ0v) is 21.5. The Morgan fingerprint density at radius 2 is 0.632 bits per heavy atom. The van der Waals surface area contributed by atoms with Crippen LogP contribution in [0.1, 0.15) is 0 Å². The van der Waals surface area contributed by atoms with E-state index in [1.807, 2.05) is 0 Å². The van der Waals surface area contributed by atoms with Crippen molar-refractivity contribution in [2.24, 2.45) is 0 Å². The quantitative estimate of drug-likeness (QED) is 0.226. The summed E-state index contributed by atoms with van der Waals surface area (Å²) in [5, 5.41) is 0. The first-order valence-electron chi connectivity index (χ1n) is 13.0. The van der Waals surface area contributed by atoms with Gasteiger partial charge in [-0.1, -0.05) is 146 Å². The summed E-state index contributed by atoms with van der Waals surface area (Å²) in [6.07, 6.45) is 0. The van der Waals surface area contributed by atoms with Crippen LogP contribution in [-0.4, -0.2) is 7.05 Å². The number of hydrogen-bond donors (Lipinski definition) is 0. The highest BCUT2D eigenvalue weighted by molar-refractivity contribution is 5.91. The molecule has 0 aliphatic carbocycles. The molecule has 0 saturated heterocycles. The third-order valence-electron chi connectivity index (χ3n) is 7.10. The van der Waals surface area contributed by atoms with E-state index in [0.717, 1.165) is 0 Å². The van der Waals surface area contributed by atoms with Crippen molar-refractivity contribution in [3.63, 3.8) is 0 Å². The molecule has 0 fully saturated rings. The maximum absolute atomic E-state index is 2.35. The second kappa shape index (κ2) is 10.6. The third kappa shape index (κ3) is 4.75. The van der Waals surface area contributed by atoms with Gasteiger partial charge in [-0.3, -0.25) is 0 Å². The Hall–Kier alpha value is -4.88. The molecule has 0 atom stereocenters. The number of nitrogens with zero attached hydrogens (tertiary/aromatic N) is 1. The molecule has 0 amide bonds. The van der Waals surface area contributed by atoms with Crippen LogP contribution in [0.15, 0.2) is 158 Å². The van der Waals surface area contributed by atoms with E-state index in [2.05, 4.69) is 170 Å². The first-order valence-corrected chi connectivity index (χ1v) is 13.0. The summed E-state index contributed by atoms with van der Waals surface area (Å²) in [5.74, 6) is 0. The summed E-state index contributed by atoms with van der Waals surface area (Å²) in [7, 11) is 2.19. The summed E-state index contributed by atoms with van der Waals surface area (Å²) < 4.78 is 0. The van der Waals surface area contributed by atoms with E-state index in [9.17, 15) is 0 Å². The van der Waals surface area contributed by atoms with Gasteiger partial charge in [0.1, 0.15) is 0 Å². The first-order chi connectivity index (χ1) is 18.8. The lowest BCUT2D eigenvalue weighted by atomic mass is 9.95. The van der Waals surface area contributed by atoms with Crippen molar-refractivity contribution in [1.29, 1.82) is 0 Å². The third-order valence-corrected chi connectivity index (χ3v) is 7.10. The highest BCUT2D eigenvalue weighted by Gasteiger charge is 2.17. The molecule has 0 saturated carbocycles. The van der Waals surface area contributed by atoms with Gasteiger partial charge < -0.3 is 4.90 Å². The number of rotatable bonds is 6. The lowest BCUT2D eigenvalue weighted by Gasteiger charge is -2.27. The molecule has 6 rings (SSSR count). The average molecular weight is 488 g/mol. The predicted molar refractivity (Wildman–Crippen MR) is 163 cm³/mol. The van der Waals surface area contributed by atoms with Gasteiger partial charge in [-0.05, 0) is 45.5 Å². The maximum atomic E-state index is 2.35. The Morgan fingerprint density at radius 3 is 0.974 bits per heavy atom. The molecular weight excluding hydrogens is 458 g/mol. The van der Waals surface area contributed by atoms with E-state index in [1.54, 1.807) is 0 Å². The van der Waals surface area contributed by atoms with Crippen molar-refractivity contribution in [1.82, 2.24) is 0 Å². The van der Waals surface area contributed by atoms with Crippen molar-refractivity contribution in [2.45, 2.75) is 0 Å². The molecule has 0 N–H and O–H groups in total. The minimum atomic E-state index is 1.17. The van der Waals surface area contributed by atoms with Crippen LogP contribution in [-0.2, 0) is 0 Å². The van der Waals surface area contributed by atoms with E-state index in [0.29, 0.717) is 0 Å². The van der Waals surface area contributed by atoms with Crippen LogP contribution in [0.3, 0.4) is 0 Å². The van der Waals surface area contributed by atoms with Gasteiger partial charge in [0, 0.05) is 29.5 Å². The van der Waals surface area contributed by atoms with E-state index >= 15 is 0 Å². The van der Waals surface area contributed by atoms with Crippen LogP contribution in [0.25, 0.3) is 44.5 Å². The second-order valence-corrected chi connectivity index (χ2v) is 9.49. The van der Waals surface area contributed by atoms with Crippen LogP contribution >= 0.6 is 0 Å². The van der Waals surface area contributed by atoms with E-state index in [1.165, 1.54) is 55.9 Å². The maximum Gasteiger partial charge on any atom is 0.0494 e. The van der Waals surface area contributed by atoms with Gasteiger partial charge in [-0.25, -0.2) is 0 Å². The molecule has 0 unspecified atom stereocenters. The van der Waals surface area contributed by atoms with Crippen molar-refractivity contribution in [3.05, 3.63) is 158 Å². The Bertz CT molecular complexity index is 1510. The van der Waals surface area contributed by atoms with Gasteiger partial charge in [0.05, 0.1) is 0 Å². The van der Waals surface area contributed by atoms with Gasteiger partial charge >= 0.3 is 0 Å². The number of anilines is 2. The Kier molecular flexibility index (Phi) is 6.57. The fraction of sp³-hybridized carbons (Fsp3) is 0.0270. The van der Waals surface area contributed by atoms with Gasteiger partial charge in [0.25, 0.3) is 0 Å². The van der Waals surface area contributed by atoms with Gasteiger partial charge in [0.15, 0.2) is 0 Å². The zero-order chi connectivity index (χ0) is 25.7. The van der Waals surface area contributed by atoms with Crippen molar-refractivity contribution in [2.75, 3.05) is 11.9 Å². The van der Waals surface area contributed by atoms with Crippen LogP contribution in [0.5, 0.6) is 0 Å². The largest absolute Gasteiger partial charge is 0.344 e. The number of benzene rings is 6. The highest BCUT2D eigenvalue weighted by Crippen LogP contribution is 2.42. The summed E-state index contributed by atoms with van der Waals surface area (Å²) in [5.41, 5.74) is 12.0. The van der Waals surface area contributed by atoms with E-state index in [-0.39, 0.29) is 0 Å². The topological polar surface area (TPSA) is 3.24 Å². The lowest BCUT2D eigenvalue weighted by Crippen LogP contribution is -2.12. The summed E-state index contributed by atoms with van der Waals surface area (Å²) in [4.78, 5) is 2.35. The Morgan fingerprint density at radius 1 is 0.316 bits per heavy atom. The molecule has 38 heavy (non-hydrogen) atoms. The summed E-state index contributed by atoms with van der Waals surface area (Å²) >= 11 is 0. The standard InChI is InChI=1S/C37H29N/c1-38(36-26-32(28-14-6-2-7-15-28)22-24-34(36)30-18-10-4-11-19-30)37-27-33(29-16-8-3-9-17-29)23-25-35(37)31-20-12-5-13-21-31/h2-27H,1H3. The Balaban J connectivity index is 1.56. The molecule has 6 aromatic carbocycles. The monoisotopic (exact) mass is 487 g/mol. The van der Waals surface area contributed by atoms with Crippen LogP contribution in [0, 0.1) is 0 Å². The smallest absolute Gasteiger partial charge is 0.0494 e. The number of hydrogen-bond acceptors (Lipinski definition) is 1. The van der Waals surface area contributed by atoms with E-state index < -0.39 is 0 Å². The minimum absolute atomic E-state index is 1.17. The van der Waals surface area contributed by atoms with Gasteiger partial charge in [-0.2, -0.15) is 0 Å². The van der Waals surface area contributed by atoms with Crippen molar-refractivity contribution < 1.29 is 0 Å². The second-order valence-electron chi connectivity index (χ2n) is 9.49. The molecule has 182 valence electrons. The normalized spacial score (nSPS) is 10.8. The molecule has 0 heterocycles. The van der Waals surface area contributed by atoms with Gasteiger partial charge in [0.2, 0.25) is 0 Å². The SMILES string of the molecule is CN(c1cc(-c2ccccc2)ccc1-c1ccccc1)c1cc(-c2ccccc2)ccc1-c1ccccc1. The van der Waals surface area contributed by atoms with Gasteiger partial charge in [-0.15, -0.1) is 0 Å². The van der Waals surface area contributed by atoms with Crippen molar-refractivity contribution in [3.8, 4) is 44.5 Å². The molecule has 1 nitrogen and oxygen atoms in total. The van der Waals surface area contributed by atoms with Crippen LogP contribution < -0.4 is 4.90 Å². The molecule has 6 aromatic rings. The molecule has 0 aromatic heterocycles. The van der Waals surface area contributed by atoms with E-state index in [4.69, 9.17) is 0 Å². The molecule has 0 aliphatic heterocycles. The molecule has 0 bridgehead atoms. The highest BCUT2D eigenvalue weighted by atomic mass is 15.1. The minimum Gasteiger partial charge on any atom is -0.344 e. The molecular formula is C37H29N. The Labute approximate surface area is 225 Å². The fourth-order valence-electron chi connectivity index (χ4n) is 5.09. The molecule has 1 heteroatoms. The summed E-state index contributed by atoms with van der Waals surface area (Å²) in [6, 6.07) is 56.2. The fourth-order valence-corrected chi connectivity index (χ4v) is 5.09. The molecule has 0 radical (unpaired) electrons. The first kappa shape index (κ1) is 23.5. The summed E-state index contributed by atoms with van der Waals surface area (Å²) in [6.45, 7) is 0. The average Bonchev–Trinajstić information content (AvgIpc) is 3.02. The van der Waals surface area contributed by atoms with Crippen LogP contribution in [0.4, 0.5) is 11.4 Å².